The summed E-state index contributed by atoms with van der Waals surface area (Å²) in [7, 11) is 0. The van der Waals surface area contributed by atoms with E-state index in [-0.39, 0.29) is 18.1 Å². The normalized spacial score (nSPS) is 19.4. The van der Waals surface area contributed by atoms with E-state index in [1.165, 1.54) is 12.1 Å². The number of rotatable bonds is 3. The maximum absolute atomic E-state index is 13.3. The Morgan fingerprint density at radius 2 is 2.12 bits per heavy atom. The number of aromatic nitrogens is 1. The highest BCUT2D eigenvalue weighted by Crippen LogP contribution is 2.36. The predicted molar refractivity (Wildman–Crippen MR) is 94.2 cm³/mol. The standard InChI is InChI=1S/C18H17Cl2FN2O2/c1-9-6-10(19)7-14(20)13(9)8-22-18(25)12-2-4-15(24)17-11(12)3-5-16(21)23-17/h3,5-7,12,15,24H,2,4,8H2,1H3,(H,22,25)/t12-,15-/m0/s1. The van der Waals surface area contributed by atoms with Gasteiger partial charge in [0.2, 0.25) is 11.9 Å². The van der Waals surface area contributed by atoms with Crippen molar-refractivity contribution in [1.29, 1.82) is 0 Å². The molecular weight excluding hydrogens is 366 g/mol. The summed E-state index contributed by atoms with van der Waals surface area (Å²) in [6.45, 7) is 2.14. The number of carbonyl (C=O) groups excluding carboxylic acids is 1. The number of aliphatic hydroxyl groups is 1. The summed E-state index contributed by atoms with van der Waals surface area (Å²) in [5, 5.41) is 13.9. The second kappa shape index (κ2) is 7.28. The SMILES string of the molecule is Cc1cc(Cl)cc(Cl)c1CNC(=O)[C@H]1CC[C@H](O)c2nc(F)ccc21. The van der Waals surface area contributed by atoms with Gasteiger partial charge in [-0.15, -0.1) is 0 Å². The van der Waals surface area contributed by atoms with Crippen molar-refractivity contribution >= 4 is 29.1 Å². The van der Waals surface area contributed by atoms with E-state index >= 15 is 0 Å². The number of hydrogen-bond acceptors (Lipinski definition) is 3. The van der Waals surface area contributed by atoms with Gasteiger partial charge < -0.3 is 10.4 Å². The summed E-state index contributed by atoms with van der Waals surface area (Å²) in [4.78, 5) is 16.4. The molecule has 0 unspecified atom stereocenters. The first-order valence-electron chi connectivity index (χ1n) is 7.93. The molecule has 0 saturated carbocycles. The molecule has 1 aliphatic carbocycles. The summed E-state index contributed by atoms with van der Waals surface area (Å²) in [6.07, 6.45) is -0.00849. The Hall–Kier alpha value is -1.69. The van der Waals surface area contributed by atoms with Gasteiger partial charge in [0.05, 0.1) is 17.7 Å². The Kier molecular flexibility index (Phi) is 5.27. The molecule has 0 spiro atoms. The molecule has 1 amide bonds. The minimum Gasteiger partial charge on any atom is -0.387 e. The first-order chi connectivity index (χ1) is 11.9. The lowest BCUT2D eigenvalue weighted by Crippen LogP contribution is -2.32. The monoisotopic (exact) mass is 382 g/mol. The molecule has 7 heteroatoms. The zero-order chi connectivity index (χ0) is 18.1. The molecule has 1 heterocycles. The fourth-order valence-electron chi connectivity index (χ4n) is 3.17. The van der Waals surface area contributed by atoms with Crippen LogP contribution in [0.1, 0.15) is 47.2 Å². The Balaban J connectivity index is 1.78. The lowest BCUT2D eigenvalue weighted by molar-refractivity contribution is -0.123. The van der Waals surface area contributed by atoms with Crippen LogP contribution in [0.3, 0.4) is 0 Å². The van der Waals surface area contributed by atoms with Gasteiger partial charge in [0, 0.05) is 16.6 Å². The van der Waals surface area contributed by atoms with Crippen LogP contribution in [0, 0.1) is 12.9 Å². The van der Waals surface area contributed by atoms with Crippen LogP contribution in [0.15, 0.2) is 24.3 Å². The average molecular weight is 383 g/mol. The van der Waals surface area contributed by atoms with Crippen molar-refractivity contribution in [3.05, 3.63) is 62.6 Å². The number of aryl methyl sites for hydroxylation is 1. The number of nitrogens with zero attached hydrogens (tertiary/aromatic N) is 1. The first-order valence-corrected chi connectivity index (χ1v) is 8.69. The number of carbonyl (C=O) groups is 1. The highest BCUT2D eigenvalue weighted by Gasteiger charge is 2.32. The number of hydrogen-bond donors (Lipinski definition) is 2. The van der Waals surface area contributed by atoms with E-state index in [1.54, 1.807) is 12.1 Å². The van der Waals surface area contributed by atoms with Gasteiger partial charge in [0.1, 0.15) is 0 Å². The highest BCUT2D eigenvalue weighted by atomic mass is 35.5. The first kappa shape index (κ1) is 18.1. The maximum atomic E-state index is 13.3. The van der Waals surface area contributed by atoms with E-state index in [0.717, 1.165) is 11.1 Å². The van der Waals surface area contributed by atoms with E-state index in [0.29, 0.717) is 28.5 Å². The molecule has 2 aromatic rings. The molecule has 0 aliphatic heterocycles. The van der Waals surface area contributed by atoms with Gasteiger partial charge >= 0.3 is 0 Å². The fourth-order valence-corrected chi connectivity index (χ4v) is 3.83. The third-order valence-corrected chi connectivity index (χ3v) is 5.04. The van der Waals surface area contributed by atoms with Crippen molar-refractivity contribution in [3.63, 3.8) is 0 Å². The maximum Gasteiger partial charge on any atom is 0.227 e. The van der Waals surface area contributed by atoms with E-state index in [2.05, 4.69) is 10.3 Å². The summed E-state index contributed by atoms with van der Waals surface area (Å²) < 4.78 is 13.3. The number of aliphatic hydroxyl groups excluding tert-OH is 1. The highest BCUT2D eigenvalue weighted by molar-refractivity contribution is 6.35. The lowest BCUT2D eigenvalue weighted by atomic mass is 9.83. The number of benzene rings is 1. The second-order valence-corrected chi connectivity index (χ2v) is 7.00. The van der Waals surface area contributed by atoms with Crippen LogP contribution in [0.25, 0.3) is 0 Å². The molecule has 2 N–H and O–H groups in total. The quantitative estimate of drug-likeness (QED) is 0.786. The number of pyridine rings is 1. The summed E-state index contributed by atoms with van der Waals surface area (Å²) in [5.74, 6) is -1.34. The van der Waals surface area contributed by atoms with Gasteiger partial charge in [0.25, 0.3) is 0 Å². The van der Waals surface area contributed by atoms with E-state index < -0.39 is 18.0 Å². The smallest absolute Gasteiger partial charge is 0.227 e. The van der Waals surface area contributed by atoms with Gasteiger partial charge in [-0.2, -0.15) is 4.39 Å². The molecule has 132 valence electrons. The van der Waals surface area contributed by atoms with Crippen LogP contribution in [0.2, 0.25) is 10.0 Å². The predicted octanol–water partition coefficient (Wildman–Crippen LogP) is 4.06. The van der Waals surface area contributed by atoms with Crippen LogP contribution in [0.5, 0.6) is 0 Å². The van der Waals surface area contributed by atoms with E-state index in [9.17, 15) is 14.3 Å². The van der Waals surface area contributed by atoms with Gasteiger partial charge in [-0.1, -0.05) is 29.3 Å². The van der Waals surface area contributed by atoms with Gasteiger partial charge in [-0.25, -0.2) is 4.98 Å². The van der Waals surface area contributed by atoms with Crippen LogP contribution in [0.4, 0.5) is 4.39 Å². The lowest BCUT2D eigenvalue weighted by Gasteiger charge is -2.27. The molecule has 1 aromatic carbocycles. The van der Waals surface area contributed by atoms with Crippen LogP contribution >= 0.6 is 23.2 Å². The molecule has 0 radical (unpaired) electrons. The molecule has 3 rings (SSSR count). The minimum atomic E-state index is -0.845. The Morgan fingerprint density at radius 3 is 2.84 bits per heavy atom. The zero-order valence-corrected chi connectivity index (χ0v) is 15.0. The Morgan fingerprint density at radius 1 is 1.36 bits per heavy atom. The fraction of sp³-hybridized carbons (Fsp3) is 0.333. The molecule has 0 fully saturated rings. The third kappa shape index (κ3) is 3.78. The molecule has 1 aromatic heterocycles. The zero-order valence-electron chi connectivity index (χ0n) is 13.5. The van der Waals surface area contributed by atoms with Crippen molar-refractivity contribution in [2.75, 3.05) is 0 Å². The molecule has 2 atom stereocenters. The van der Waals surface area contributed by atoms with Crippen molar-refractivity contribution < 1.29 is 14.3 Å². The van der Waals surface area contributed by atoms with Crippen LogP contribution in [-0.4, -0.2) is 16.0 Å². The van der Waals surface area contributed by atoms with Crippen molar-refractivity contribution in [1.82, 2.24) is 10.3 Å². The van der Waals surface area contributed by atoms with Crippen LogP contribution < -0.4 is 5.32 Å². The summed E-state index contributed by atoms with van der Waals surface area (Å²) in [6, 6.07) is 6.15. The van der Waals surface area contributed by atoms with Gasteiger partial charge in [-0.3, -0.25) is 4.79 Å². The molecular formula is C18H17Cl2FN2O2. The van der Waals surface area contributed by atoms with Gasteiger partial charge in [0.15, 0.2) is 0 Å². The number of fused-ring (bicyclic) bond motifs is 1. The number of amides is 1. The van der Waals surface area contributed by atoms with Crippen molar-refractivity contribution in [2.24, 2.45) is 0 Å². The molecule has 25 heavy (non-hydrogen) atoms. The van der Waals surface area contributed by atoms with Gasteiger partial charge in [-0.05, 0) is 54.7 Å². The Bertz CT molecular complexity index is 806. The third-order valence-electron chi connectivity index (χ3n) is 4.48. The van der Waals surface area contributed by atoms with Crippen molar-refractivity contribution in [2.45, 2.75) is 38.3 Å². The number of halogens is 3. The summed E-state index contributed by atoms with van der Waals surface area (Å²) >= 11 is 12.2. The molecule has 0 bridgehead atoms. The largest absolute Gasteiger partial charge is 0.387 e. The second-order valence-electron chi connectivity index (χ2n) is 6.16. The molecule has 1 aliphatic rings. The van der Waals surface area contributed by atoms with E-state index in [1.807, 2.05) is 6.92 Å². The molecule has 4 nitrogen and oxygen atoms in total. The summed E-state index contributed by atoms with van der Waals surface area (Å²) in [5.41, 5.74) is 2.50. The Labute approximate surface area is 155 Å². The minimum absolute atomic E-state index is 0.202. The van der Waals surface area contributed by atoms with E-state index in [4.69, 9.17) is 23.2 Å². The van der Waals surface area contributed by atoms with Crippen LogP contribution in [-0.2, 0) is 11.3 Å². The average Bonchev–Trinajstić information content (AvgIpc) is 2.54. The molecule has 0 saturated heterocycles. The van der Waals surface area contributed by atoms with Crippen molar-refractivity contribution in [3.8, 4) is 0 Å². The number of nitrogens with one attached hydrogen (secondary N) is 1. The topological polar surface area (TPSA) is 62.2 Å².